The summed E-state index contributed by atoms with van der Waals surface area (Å²) in [6.07, 6.45) is 0. The molecule has 0 atom stereocenters. The largest absolute Gasteiger partial charge is 0.450 e. The second kappa shape index (κ2) is 5.74. The van der Waals surface area contributed by atoms with Crippen molar-refractivity contribution < 1.29 is 9.66 Å². The number of para-hydroxylation sites is 2. The standard InChI is InChI=1S/C16H17NO3/c1-11(2)13-9-8-12(3)10-16(13)20-15-7-5-4-6-14(15)17(18)19/h4-11H,1-3H3. The van der Waals surface area contributed by atoms with E-state index in [0.717, 1.165) is 11.1 Å². The molecule has 0 aliphatic rings. The lowest BCUT2D eigenvalue weighted by molar-refractivity contribution is -0.385. The highest BCUT2D eigenvalue weighted by molar-refractivity contribution is 5.50. The average molecular weight is 271 g/mol. The maximum absolute atomic E-state index is 11.0. The SMILES string of the molecule is Cc1ccc(C(C)C)c(Oc2ccccc2[N+](=O)[O-])c1. The summed E-state index contributed by atoms with van der Waals surface area (Å²) in [5.74, 6) is 1.23. The van der Waals surface area contributed by atoms with Crippen LogP contribution in [0.1, 0.15) is 30.9 Å². The average Bonchev–Trinajstić information content (AvgIpc) is 2.38. The van der Waals surface area contributed by atoms with Crippen LogP contribution in [-0.2, 0) is 0 Å². The quantitative estimate of drug-likeness (QED) is 0.591. The Morgan fingerprint density at radius 3 is 2.45 bits per heavy atom. The Balaban J connectivity index is 2.45. The van der Waals surface area contributed by atoms with E-state index in [0.29, 0.717) is 5.75 Å². The predicted molar refractivity (Wildman–Crippen MR) is 78.4 cm³/mol. The van der Waals surface area contributed by atoms with Crippen LogP contribution in [-0.4, -0.2) is 4.92 Å². The third kappa shape index (κ3) is 2.96. The monoisotopic (exact) mass is 271 g/mol. The van der Waals surface area contributed by atoms with E-state index >= 15 is 0 Å². The van der Waals surface area contributed by atoms with E-state index in [9.17, 15) is 10.1 Å². The molecule has 0 saturated carbocycles. The fourth-order valence-electron chi connectivity index (χ4n) is 2.02. The van der Waals surface area contributed by atoms with Gasteiger partial charge in [-0.05, 0) is 36.1 Å². The topological polar surface area (TPSA) is 52.4 Å². The molecule has 0 saturated heterocycles. The Bertz CT molecular complexity index is 635. The summed E-state index contributed by atoms with van der Waals surface area (Å²) >= 11 is 0. The van der Waals surface area contributed by atoms with Crippen molar-refractivity contribution in [2.75, 3.05) is 0 Å². The zero-order valence-electron chi connectivity index (χ0n) is 11.8. The van der Waals surface area contributed by atoms with Gasteiger partial charge in [0, 0.05) is 6.07 Å². The Morgan fingerprint density at radius 2 is 1.80 bits per heavy atom. The van der Waals surface area contributed by atoms with E-state index in [1.54, 1.807) is 18.2 Å². The molecular formula is C16H17NO3. The van der Waals surface area contributed by atoms with Crippen molar-refractivity contribution in [2.45, 2.75) is 26.7 Å². The molecule has 0 heterocycles. The van der Waals surface area contributed by atoms with Gasteiger partial charge in [0.05, 0.1) is 4.92 Å². The first kappa shape index (κ1) is 14.1. The fraction of sp³-hybridized carbons (Fsp3) is 0.250. The van der Waals surface area contributed by atoms with Gasteiger partial charge in [0.2, 0.25) is 5.75 Å². The van der Waals surface area contributed by atoms with Gasteiger partial charge in [0.15, 0.2) is 0 Å². The second-order valence-electron chi connectivity index (χ2n) is 5.02. The first-order valence-electron chi connectivity index (χ1n) is 6.51. The van der Waals surface area contributed by atoms with Crippen LogP contribution in [0.5, 0.6) is 11.5 Å². The summed E-state index contributed by atoms with van der Waals surface area (Å²) in [5.41, 5.74) is 2.07. The van der Waals surface area contributed by atoms with Crippen molar-refractivity contribution in [3.8, 4) is 11.5 Å². The third-order valence-electron chi connectivity index (χ3n) is 3.07. The predicted octanol–water partition coefficient (Wildman–Crippen LogP) is 4.82. The molecule has 20 heavy (non-hydrogen) atoms. The number of hydrogen-bond acceptors (Lipinski definition) is 3. The van der Waals surface area contributed by atoms with Crippen LogP contribution in [0.2, 0.25) is 0 Å². The highest BCUT2D eigenvalue weighted by Crippen LogP contribution is 2.35. The van der Waals surface area contributed by atoms with Gasteiger partial charge in [-0.2, -0.15) is 0 Å². The molecule has 2 aromatic carbocycles. The minimum Gasteiger partial charge on any atom is -0.450 e. The van der Waals surface area contributed by atoms with Crippen LogP contribution < -0.4 is 4.74 Å². The van der Waals surface area contributed by atoms with Gasteiger partial charge in [-0.3, -0.25) is 10.1 Å². The van der Waals surface area contributed by atoms with Crippen molar-refractivity contribution in [2.24, 2.45) is 0 Å². The zero-order chi connectivity index (χ0) is 14.7. The lowest BCUT2D eigenvalue weighted by Crippen LogP contribution is -1.97. The molecular weight excluding hydrogens is 254 g/mol. The molecule has 0 spiro atoms. The lowest BCUT2D eigenvalue weighted by Gasteiger charge is -2.14. The molecule has 4 heteroatoms. The van der Waals surface area contributed by atoms with E-state index < -0.39 is 4.92 Å². The molecule has 2 aromatic rings. The van der Waals surface area contributed by atoms with Crippen molar-refractivity contribution in [3.05, 3.63) is 63.7 Å². The van der Waals surface area contributed by atoms with Crippen LogP contribution in [0, 0.1) is 17.0 Å². The van der Waals surface area contributed by atoms with Gasteiger partial charge < -0.3 is 4.74 Å². The second-order valence-corrected chi connectivity index (χ2v) is 5.02. The van der Waals surface area contributed by atoms with E-state index in [1.165, 1.54) is 6.07 Å². The van der Waals surface area contributed by atoms with Crippen LogP contribution >= 0.6 is 0 Å². The number of benzene rings is 2. The number of nitro benzene ring substituents is 1. The molecule has 0 bridgehead atoms. The number of hydrogen-bond donors (Lipinski definition) is 0. The van der Waals surface area contributed by atoms with Gasteiger partial charge in [-0.25, -0.2) is 0 Å². The number of ether oxygens (including phenoxy) is 1. The van der Waals surface area contributed by atoms with Gasteiger partial charge in [-0.1, -0.05) is 38.1 Å². The maximum atomic E-state index is 11.0. The highest BCUT2D eigenvalue weighted by Gasteiger charge is 2.16. The first-order chi connectivity index (χ1) is 9.49. The number of aryl methyl sites for hydroxylation is 1. The number of nitro groups is 1. The van der Waals surface area contributed by atoms with E-state index in [2.05, 4.69) is 13.8 Å². The normalized spacial score (nSPS) is 10.6. The molecule has 104 valence electrons. The highest BCUT2D eigenvalue weighted by atomic mass is 16.6. The Kier molecular flexibility index (Phi) is 4.03. The van der Waals surface area contributed by atoms with Gasteiger partial charge in [-0.15, -0.1) is 0 Å². The Hall–Kier alpha value is -2.36. The molecule has 0 N–H and O–H groups in total. The zero-order valence-corrected chi connectivity index (χ0v) is 11.8. The van der Waals surface area contributed by atoms with Gasteiger partial charge >= 0.3 is 5.69 Å². The fourth-order valence-corrected chi connectivity index (χ4v) is 2.02. The summed E-state index contributed by atoms with van der Waals surface area (Å²) in [6, 6.07) is 12.3. The summed E-state index contributed by atoms with van der Waals surface area (Å²) in [4.78, 5) is 10.6. The van der Waals surface area contributed by atoms with Crippen molar-refractivity contribution in [1.82, 2.24) is 0 Å². The smallest absolute Gasteiger partial charge is 0.311 e. The molecule has 0 aliphatic carbocycles. The van der Waals surface area contributed by atoms with Crippen LogP contribution in [0.25, 0.3) is 0 Å². The minimum atomic E-state index is -0.430. The molecule has 4 nitrogen and oxygen atoms in total. The summed E-state index contributed by atoms with van der Waals surface area (Å²) < 4.78 is 5.80. The number of rotatable bonds is 4. The molecule has 0 unspecified atom stereocenters. The summed E-state index contributed by atoms with van der Waals surface area (Å²) in [7, 11) is 0. The summed E-state index contributed by atoms with van der Waals surface area (Å²) in [5, 5.41) is 11.0. The molecule has 0 fully saturated rings. The Labute approximate surface area is 118 Å². The van der Waals surface area contributed by atoms with Crippen LogP contribution in [0.15, 0.2) is 42.5 Å². The van der Waals surface area contributed by atoms with Gasteiger partial charge in [0.1, 0.15) is 5.75 Å². The van der Waals surface area contributed by atoms with Crippen molar-refractivity contribution in [3.63, 3.8) is 0 Å². The number of nitrogens with zero attached hydrogens (tertiary/aromatic N) is 1. The molecule has 0 amide bonds. The molecule has 0 aliphatic heterocycles. The van der Waals surface area contributed by atoms with E-state index in [1.807, 2.05) is 25.1 Å². The van der Waals surface area contributed by atoms with Crippen molar-refractivity contribution >= 4 is 5.69 Å². The van der Waals surface area contributed by atoms with E-state index in [4.69, 9.17) is 4.74 Å². The third-order valence-corrected chi connectivity index (χ3v) is 3.07. The molecule has 0 aromatic heterocycles. The van der Waals surface area contributed by atoms with Crippen LogP contribution in [0.3, 0.4) is 0 Å². The molecule has 0 radical (unpaired) electrons. The van der Waals surface area contributed by atoms with Crippen LogP contribution in [0.4, 0.5) is 5.69 Å². The Morgan fingerprint density at radius 1 is 1.10 bits per heavy atom. The van der Waals surface area contributed by atoms with Gasteiger partial charge in [0.25, 0.3) is 0 Å². The van der Waals surface area contributed by atoms with Crippen molar-refractivity contribution in [1.29, 1.82) is 0 Å². The lowest BCUT2D eigenvalue weighted by atomic mass is 10.0. The molecule has 2 rings (SSSR count). The minimum absolute atomic E-state index is 0.0243. The van der Waals surface area contributed by atoms with E-state index in [-0.39, 0.29) is 17.4 Å². The summed E-state index contributed by atoms with van der Waals surface area (Å²) in [6.45, 7) is 6.10. The first-order valence-corrected chi connectivity index (χ1v) is 6.51. The maximum Gasteiger partial charge on any atom is 0.311 e.